The van der Waals surface area contributed by atoms with Gasteiger partial charge in [-0.3, -0.25) is 0 Å². The van der Waals surface area contributed by atoms with E-state index in [0.29, 0.717) is 10.8 Å². The largest absolute Gasteiger partial charge is 0.419 e. The van der Waals surface area contributed by atoms with E-state index in [1.807, 2.05) is 30.3 Å². The summed E-state index contributed by atoms with van der Waals surface area (Å²) in [5.41, 5.74) is -0.544. The Balaban J connectivity index is 2.17. The van der Waals surface area contributed by atoms with Gasteiger partial charge in [-0.05, 0) is 17.7 Å². The lowest BCUT2D eigenvalue weighted by Gasteiger charge is -2.09. The molecule has 1 aromatic heterocycles. The second-order valence-corrected chi connectivity index (χ2v) is 4.93. The summed E-state index contributed by atoms with van der Waals surface area (Å²) >= 11 is 1.29. The highest BCUT2D eigenvalue weighted by molar-refractivity contribution is 7.98. The maximum atomic E-state index is 12.6. The van der Waals surface area contributed by atoms with Crippen molar-refractivity contribution in [1.82, 2.24) is 4.98 Å². The van der Waals surface area contributed by atoms with Crippen molar-refractivity contribution in [3.63, 3.8) is 0 Å². The second kappa shape index (κ2) is 5.97. The van der Waals surface area contributed by atoms with E-state index < -0.39 is 17.4 Å². The number of rotatable bonds is 3. The van der Waals surface area contributed by atoms with Crippen LogP contribution < -0.4 is 0 Å². The predicted molar refractivity (Wildman–Crippen MR) is 70.0 cm³/mol. The van der Waals surface area contributed by atoms with Gasteiger partial charge in [0.15, 0.2) is 5.69 Å². The lowest BCUT2D eigenvalue weighted by Crippen LogP contribution is -2.09. The van der Waals surface area contributed by atoms with E-state index in [9.17, 15) is 13.2 Å². The molecule has 0 radical (unpaired) electrons. The number of nitrogens with zero attached hydrogens (tertiary/aromatic N) is 2. The van der Waals surface area contributed by atoms with Crippen LogP contribution in [0, 0.1) is 11.3 Å². The van der Waals surface area contributed by atoms with Gasteiger partial charge >= 0.3 is 6.18 Å². The molecule has 0 aliphatic rings. The molecule has 0 N–H and O–H groups in total. The first-order valence-electron chi connectivity index (χ1n) is 5.66. The highest BCUT2D eigenvalue weighted by atomic mass is 32.2. The van der Waals surface area contributed by atoms with Gasteiger partial charge < -0.3 is 0 Å². The number of nitriles is 1. The average Bonchev–Trinajstić information content (AvgIpc) is 2.45. The van der Waals surface area contributed by atoms with Crippen LogP contribution in [0.15, 0.2) is 47.5 Å². The van der Waals surface area contributed by atoms with Crippen molar-refractivity contribution in [3.8, 4) is 6.07 Å². The monoisotopic (exact) mass is 294 g/mol. The smallest absolute Gasteiger partial charge is 0.230 e. The molecule has 0 saturated heterocycles. The van der Waals surface area contributed by atoms with Crippen LogP contribution in [0.3, 0.4) is 0 Å². The minimum absolute atomic E-state index is 0.401. The molecule has 2 aromatic rings. The van der Waals surface area contributed by atoms with E-state index in [0.717, 1.165) is 11.6 Å². The molecule has 0 aliphatic carbocycles. The number of alkyl halides is 3. The van der Waals surface area contributed by atoms with Crippen LogP contribution in [0.5, 0.6) is 0 Å². The first-order valence-corrected chi connectivity index (χ1v) is 6.64. The SMILES string of the molecule is N#Cc1nc(SCc2ccccc2)ccc1C(F)(F)F. The fourth-order valence-electron chi connectivity index (χ4n) is 1.57. The number of hydrogen-bond acceptors (Lipinski definition) is 3. The minimum Gasteiger partial charge on any atom is -0.230 e. The average molecular weight is 294 g/mol. The maximum Gasteiger partial charge on any atom is 0.419 e. The van der Waals surface area contributed by atoms with E-state index >= 15 is 0 Å². The molecule has 1 aromatic carbocycles. The summed E-state index contributed by atoms with van der Waals surface area (Å²) in [7, 11) is 0. The molecule has 0 bridgehead atoms. The maximum absolute atomic E-state index is 12.6. The summed E-state index contributed by atoms with van der Waals surface area (Å²) in [5, 5.41) is 9.17. The van der Waals surface area contributed by atoms with Crippen LogP contribution in [-0.2, 0) is 11.9 Å². The van der Waals surface area contributed by atoms with Crippen LogP contribution >= 0.6 is 11.8 Å². The molecule has 2 rings (SSSR count). The molecule has 2 nitrogen and oxygen atoms in total. The Bertz CT molecular complexity index is 633. The Hall–Kier alpha value is -2.00. The van der Waals surface area contributed by atoms with E-state index in [-0.39, 0.29) is 0 Å². The molecule has 0 unspecified atom stereocenters. The molecular weight excluding hydrogens is 285 g/mol. The molecular formula is C14H9F3N2S. The van der Waals surface area contributed by atoms with Gasteiger partial charge in [-0.15, -0.1) is 11.8 Å². The zero-order valence-electron chi connectivity index (χ0n) is 10.2. The second-order valence-electron chi connectivity index (χ2n) is 3.93. The van der Waals surface area contributed by atoms with Crippen LogP contribution in [0.1, 0.15) is 16.8 Å². The van der Waals surface area contributed by atoms with Gasteiger partial charge in [0.05, 0.1) is 10.6 Å². The third-order valence-electron chi connectivity index (χ3n) is 2.51. The predicted octanol–water partition coefficient (Wildman–Crippen LogP) is 4.26. The van der Waals surface area contributed by atoms with Crippen molar-refractivity contribution in [3.05, 3.63) is 59.3 Å². The van der Waals surface area contributed by atoms with Gasteiger partial charge in [0.2, 0.25) is 0 Å². The summed E-state index contributed by atoms with van der Waals surface area (Å²) in [6.45, 7) is 0. The number of benzene rings is 1. The quantitative estimate of drug-likeness (QED) is 0.793. The van der Waals surface area contributed by atoms with E-state index in [1.165, 1.54) is 23.9 Å². The molecule has 0 saturated carbocycles. The van der Waals surface area contributed by atoms with Crippen molar-refractivity contribution in [2.75, 3.05) is 0 Å². The molecule has 0 fully saturated rings. The molecule has 0 atom stereocenters. The molecule has 20 heavy (non-hydrogen) atoms. The zero-order chi connectivity index (χ0) is 14.6. The Morgan fingerprint density at radius 1 is 1.10 bits per heavy atom. The van der Waals surface area contributed by atoms with Crippen molar-refractivity contribution >= 4 is 11.8 Å². The molecule has 0 amide bonds. The van der Waals surface area contributed by atoms with Gasteiger partial charge in [-0.25, -0.2) is 4.98 Å². The number of thioether (sulfide) groups is 1. The topological polar surface area (TPSA) is 36.7 Å². The Kier molecular flexibility index (Phi) is 4.30. The van der Waals surface area contributed by atoms with Crippen molar-refractivity contribution in [1.29, 1.82) is 5.26 Å². The zero-order valence-corrected chi connectivity index (χ0v) is 11.0. The Morgan fingerprint density at radius 3 is 2.40 bits per heavy atom. The highest BCUT2D eigenvalue weighted by Gasteiger charge is 2.34. The van der Waals surface area contributed by atoms with Crippen LogP contribution in [0.4, 0.5) is 13.2 Å². The van der Waals surface area contributed by atoms with Crippen LogP contribution in [0.2, 0.25) is 0 Å². The first kappa shape index (κ1) is 14.4. The van der Waals surface area contributed by atoms with Crippen molar-refractivity contribution in [2.24, 2.45) is 0 Å². The summed E-state index contributed by atoms with van der Waals surface area (Å²) in [6.07, 6.45) is -4.55. The van der Waals surface area contributed by atoms with Crippen LogP contribution in [-0.4, -0.2) is 4.98 Å². The normalized spacial score (nSPS) is 11.1. The van der Waals surface area contributed by atoms with E-state index in [1.54, 1.807) is 0 Å². The molecule has 6 heteroatoms. The summed E-state index contributed by atoms with van der Waals surface area (Å²) in [4.78, 5) is 3.75. The number of hydrogen-bond donors (Lipinski definition) is 0. The van der Waals surface area contributed by atoms with Crippen molar-refractivity contribution < 1.29 is 13.2 Å². The third kappa shape index (κ3) is 3.52. The third-order valence-corrected chi connectivity index (χ3v) is 3.51. The van der Waals surface area contributed by atoms with Crippen molar-refractivity contribution in [2.45, 2.75) is 17.0 Å². The van der Waals surface area contributed by atoms with Gasteiger partial charge in [-0.2, -0.15) is 18.4 Å². The summed E-state index contributed by atoms with van der Waals surface area (Å²) < 4.78 is 37.9. The molecule has 0 spiro atoms. The number of aromatic nitrogens is 1. The Morgan fingerprint density at radius 2 is 1.80 bits per heavy atom. The lowest BCUT2D eigenvalue weighted by atomic mass is 10.2. The summed E-state index contributed by atoms with van der Waals surface area (Å²) in [6, 6.07) is 13.2. The number of pyridine rings is 1. The van der Waals surface area contributed by atoms with Gasteiger partial charge in [0, 0.05) is 5.75 Å². The summed E-state index contributed by atoms with van der Waals surface area (Å²) in [5.74, 6) is 0.587. The fourth-order valence-corrected chi connectivity index (χ4v) is 2.39. The van der Waals surface area contributed by atoms with Gasteiger partial charge in [-0.1, -0.05) is 30.3 Å². The van der Waals surface area contributed by atoms with Gasteiger partial charge in [0.25, 0.3) is 0 Å². The Labute approximate surface area is 118 Å². The number of halogens is 3. The molecule has 102 valence electrons. The van der Waals surface area contributed by atoms with E-state index in [4.69, 9.17) is 5.26 Å². The standard InChI is InChI=1S/C14H9F3N2S/c15-14(16,17)11-6-7-13(19-12(11)8-18)20-9-10-4-2-1-3-5-10/h1-7H,9H2. The fraction of sp³-hybridized carbons (Fsp3) is 0.143. The van der Waals surface area contributed by atoms with Crippen LogP contribution in [0.25, 0.3) is 0 Å². The molecule has 0 aliphatic heterocycles. The van der Waals surface area contributed by atoms with Gasteiger partial charge in [0.1, 0.15) is 6.07 Å². The lowest BCUT2D eigenvalue weighted by molar-refractivity contribution is -0.138. The minimum atomic E-state index is -4.55. The highest BCUT2D eigenvalue weighted by Crippen LogP contribution is 2.32. The van der Waals surface area contributed by atoms with E-state index in [2.05, 4.69) is 4.98 Å². The first-order chi connectivity index (χ1) is 9.50. The molecule has 1 heterocycles.